The van der Waals surface area contributed by atoms with Crippen molar-refractivity contribution in [1.29, 1.82) is 0 Å². The van der Waals surface area contributed by atoms with E-state index in [1.165, 1.54) is 11.9 Å². The number of benzene rings is 1. The number of hydrogen-bond donors (Lipinski definition) is 0. The molecule has 0 saturated carbocycles. The number of rotatable bonds is 4. The quantitative estimate of drug-likeness (QED) is 0.392. The lowest BCUT2D eigenvalue weighted by molar-refractivity contribution is -0.130. The third kappa shape index (κ3) is 3.43. The molecular weight excluding hydrogens is 438 g/mol. The van der Waals surface area contributed by atoms with Crippen molar-refractivity contribution >= 4 is 64.1 Å². The van der Waals surface area contributed by atoms with E-state index in [4.69, 9.17) is 50.8 Å². The van der Waals surface area contributed by atoms with Crippen molar-refractivity contribution in [3.63, 3.8) is 0 Å². The van der Waals surface area contributed by atoms with Crippen LogP contribution in [0.15, 0.2) is 16.5 Å². The van der Waals surface area contributed by atoms with Crippen LogP contribution in [0.2, 0.25) is 20.1 Å². The van der Waals surface area contributed by atoms with Crippen LogP contribution in [0.25, 0.3) is 0 Å². The minimum absolute atomic E-state index is 0.123. The fraction of sp³-hybridized carbons (Fsp3) is 0.235. The average molecular weight is 450 g/mol. The number of amides is 3. The molecule has 3 rings (SSSR count). The monoisotopic (exact) mass is 448 g/mol. The van der Waals surface area contributed by atoms with E-state index in [2.05, 4.69) is 0 Å². The van der Waals surface area contributed by atoms with E-state index in [1.54, 1.807) is 19.1 Å². The fourth-order valence-corrected chi connectivity index (χ4v) is 3.70. The van der Waals surface area contributed by atoms with Crippen LogP contribution in [0.5, 0.6) is 0 Å². The van der Waals surface area contributed by atoms with Crippen molar-refractivity contribution in [3.8, 4) is 0 Å². The van der Waals surface area contributed by atoms with Gasteiger partial charge in [-0.05, 0) is 19.1 Å². The van der Waals surface area contributed by atoms with Crippen LogP contribution in [-0.4, -0.2) is 41.1 Å². The molecule has 0 radical (unpaired) electrons. The molecule has 1 aromatic carbocycles. The number of fused-ring (bicyclic) bond motifs is 1. The molecule has 1 aromatic heterocycles. The van der Waals surface area contributed by atoms with Crippen LogP contribution in [0, 0.1) is 6.92 Å². The van der Waals surface area contributed by atoms with Gasteiger partial charge in [0.25, 0.3) is 11.8 Å². The van der Waals surface area contributed by atoms with E-state index in [1.807, 2.05) is 0 Å². The lowest BCUT2D eigenvalue weighted by atomic mass is 10.1. The highest BCUT2D eigenvalue weighted by atomic mass is 35.5. The van der Waals surface area contributed by atoms with Gasteiger partial charge in [-0.2, -0.15) is 0 Å². The topological polar surface area (TPSA) is 70.8 Å². The van der Waals surface area contributed by atoms with Gasteiger partial charge in [0.15, 0.2) is 0 Å². The molecule has 6 nitrogen and oxygen atoms in total. The van der Waals surface area contributed by atoms with Gasteiger partial charge in [0.1, 0.15) is 18.1 Å². The lowest BCUT2D eigenvalue weighted by Crippen LogP contribution is -2.40. The van der Waals surface area contributed by atoms with Crippen molar-refractivity contribution in [3.05, 3.63) is 54.9 Å². The highest BCUT2D eigenvalue weighted by molar-refractivity contribution is 6.55. The maximum Gasteiger partial charge on any atom is 0.263 e. The zero-order valence-electron chi connectivity index (χ0n) is 14.1. The molecule has 1 aliphatic rings. The SMILES string of the molecule is Cc1ccc(CN(C)C(=O)CN2C(=O)c3c(Cl)c(Cl)c(Cl)c(Cl)c3C2=O)o1. The first kappa shape index (κ1) is 20.0. The van der Waals surface area contributed by atoms with E-state index in [9.17, 15) is 14.4 Å². The number of aryl methyl sites for hydroxylation is 1. The lowest BCUT2D eigenvalue weighted by Gasteiger charge is -2.19. The van der Waals surface area contributed by atoms with Crippen LogP contribution in [0.1, 0.15) is 32.2 Å². The Bertz CT molecular complexity index is 939. The Labute approximate surface area is 174 Å². The zero-order valence-corrected chi connectivity index (χ0v) is 17.1. The molecule has 142 valence electrons. The van der Waals surface area contributed by atoms with Gasteiger partial charge in [0, 0.05) is 7.05 Å². The second-order valence-corrected chi connectivity index (χ2v) is 7.48. The normalized spacial score (nSPS) is 13.3. The van der Waals surface area contributed by atoms with Crippen molar-refractivity contribution in [2.75, 3.05) is 13.6 Å². The molecule has 0 bridgehead atoms. The standard InChI is InChI=1S/C17H12Cl4N2O4/c1-7-3-4-8(27-7)5-22(2)9(24)6-23-16(25)10-11(17(23)26)13(19)15(21)14(20)12(10)18/h3-4H,5-6H2,1-2H3. The molecule has 0 spiro atoms. The van der Waals surface area contributed by atoms with Crippen LogP contribution in [-0.2, 0) is 11.3 Å². The van der Waals surface area contributed by atoms with Crippen molar-refractivity contribution < 1.29 is 18.8 Å². The van der Waals surface area contributed by atoms with Crippen LogP contribution >= 0.6 is 46.4 Å². The maximum atomic E-state index is 12.6. The predicted octanol–water partition coefficient (Wildman–Crippen LogP) is 4.46. The molecule has 0 saturated heterocycles. The van der Waals surface area contributed by atoms with Crippen molar-refractivity contribution in [2.24, 2.45) is 0 Å². The Morgan fingerprint density at radius 1 is 1.00 bits per heavy atom. The molecule has 0 aliphatic carbocycles. The zero-order chi connectivity index (χ0) is 20.0. The number of likely N-dealkylation sites (N-methyl/N-ethyl adjacent to an activating group) is 1. The average Bonchev–Trinajstić information content (AvgIpc) is 3.13. The second-order valence-electron chi connectivity index (χ2n) is 5.96. The summed E-state index contributed by atoms with van der Waals surface area (Å²) in [5, 5.41) is -0.592. The molecule has 0 unspecified atom stereocenters. The minimum atomic E-state index is -0.754. The second kappa shape index (κ2) is 7.36. The summed E-state index contributed by atoms with van der Waals surface area (Å²) in [7, 11) is 1.53. The molecule has 10 heteroatoms. The van der Waals surface area contributed by atoms with Gasteiger partial charge in [-0.1, -0.05) is 46.4 Å². The van der Waals surface area contributed by atoms with E-state index in [0.717, 1.165) is 4.90 Å². The first-order chi connectivity index (χ1) is 12.6. The largest absolute Gasteiger partial charge is 0.464 e. The minimum Gasteiger partial charge on any atom is -0.464 e. The maximum absolute atomic E-state index is 12.6. The van der Waals surface area contributed by atoms with Crippen LogP contribution in [0.4, 0.5) is 0 Å². The number of imide groups is 1. The molecule has 27 heavy (non-hydrogen) atoms. The summed E-state index contributed by atoms with van der Waals surface area (Å²) in [5.41, 5.74) is -0.309. The smallest absolute Gasteiger partial charge is 0.263 e. The van der Waals surface area contributed by atoms with Gasteiger partial charge < -0.3 is 9.32 Å². The molecule has 2 heterocycles. The van der Waals surface area contributed by atoms with E-state index >= 15 is 0 Å². The molecule has 0 fully saturated rings. The van der Waals surface area contributed by atoms with Gasteiger partial charge in [-0.15, -0.1) is 0 Å². The summed E-state index contributed by atoms with van der Waals surface area (Å²) in [4.78, 5) is 39.8. The van der Waals surface area contributed by atoms with Gasteiger partial charge in [0.2, 0.25) is 5.91 Å². The van der Waals surface area contributed by atoms with Gasteiger partial charge >= 0.3 is 0 Å². The van der Waals surface area contributed by atoms with Crippen molar-refractivity contribution in [1.82, 2.24) is 9.80 Å². The van der Waals surface area contributed by atoms with Crippen LogP contribution < -0.4 is 0 Å². The molecule has 0 N–H and O–H groups in total. The Hall–Kier alpha value is -1.73. The summed E-state index contributed by atoms with van der Waals surface area (Å²) in [6.45, 7) is 1.49. The fourth-order valence-electron chi connectivity index (χ4n) is 2.69. The van der Waals surface area contributed by atoms with Crippen LogP contribution in [0.3, 0.4) is 0 Å². The summed E-state index contributed by atoms with van der Waals surface area (Å²) >= 11 is 24.1. The summed E-state index contributed by atoms with van der Waals surface area (Å²) in [6, 6.07) is 3.51. The Morgan fingerprint density at radius 2 is 1.52 bits per heavy atom. The van der Waals surface area contributed by atoms with Crippen molar-refractivity contribution in [2.45, 2.75) is 13.5 Å². The molecule has 0 atom stereocenters. The summed E-state index contributed by atoms with van der Waals surface area (Å²) in [5.74, 6) is -0.685. The first-order valence-electron chi connectivity index (χ1n) is 7.64. The third-order valence-electron chi connectivity index (χ3n) is 4.09. The highest BCUT2D eigenvalue weighted by Crippen LogP contribution is 2.44. The van der Waals surface area contributed by atoms with E-state index in [0.29, 0.717) is 11.5 Å². The number of halogens is 4. The molecule has 1 aliphatic heterocycles. The summed E-state index contributed by atoms with van der Waals surface area (Å²) < 4.78 is 5.42. The summed E-state index contributed by atoms with van der Waals surface area (Å²) in [6.07, 6.45) is 0. The van der Waals surface area contributed by atoms with E-state index < -0.39 is 24.3 Å². The van der Waals surface area contributed by atoms with Gasteiger partial charge in [-0.25, -0.2) is 0 Å². The first-order valence-corrected chi connectivity index (χ1v) is 9.16. The number of hydrogen-bond acceptors (Lipinski definition) is 4. The Kier molecular flexibility index (Phi) is 5.45. The van der Waals surface area contributed by atoms with Gasteiger partial charge in [-0.3, -0.25) is 19.3 Å². The Balaban J connectivity index is 1.83. The number of carbonyl (C=O) groups excluding carboxylic acids is 3. The van der Waals surface area contributed by atoms with Gasteiger partial charge in [0.05, 0.1) is 37.8 Å². The third-order valence-corrected chi connectivity index (χ3v) is 5.90. The Morgan fingerprint density at radius 3 is 1.96 bits per heavy atom. The molecule has 2 aromatic rings. The molecular formula is C17H12Cl4N2O4. The predicted molar refractivity (Wildman–Crippen MR) is 102 cm³/mol. The highest BCUT2D eigenvalue weighted by Gasteiger charge is 2.42. The van der Waals surface area contributed by atoms with E-state index in [-0.39, 0.29) is 37.8 Å². The number of furan rings is 1. The number of carbonyl (C=O) groups is 3. The number of nitrogens with zero attached hydrogens (tertiary/aromatic N) is 2. The molecule has 3 amide bonds.